The third kappa shape index (κ3) is 3.27. The van der Waals surface area contributed by atoms with Crippen LogP contribution in [0.2, 0.25) is 0 Å². The first kappa shape index (κ1) is 16.8. The largest absolute Gasteiger partial charge is 0.496 e. The number of carboxylic acid groups (broad SMARTS) is 1. The van der Waals surface area contributed by atoms with Crippen LogP contribution in [0.4, 0.5) is 5.69 Å². The molecule has 3 rings (SSSR count). The molecule has 0 fully saturated rings. The Labute approximate surface area is 144 Å². The number of sulfonamides is 1. The maximum absolute atomic E-state index is 12.8. The third-order valence-corrected chi connectivity index (χ3v) is 5.18. The van der Waals surface area contributed by atoms with Gasteiger partial charge >= 0.3 is 5.97 Å². The number of benzene rings is 3. The van der Waals surface area contributed by atoms with Gasteiger partial charge in [-0.05, 0) is 36.4 Å². The highest BCUT2D eigenvalue weighted by Crippen LogP contribution is 2.31. The predicted octanol–water partition coefficient (Wildman–Crippen LogP) is 3.35. The lowest BCUT2D eigenvalue weighted by atomic mass is 10.1. The van der Waals surface area contributed by atoms with Crippen LogP contribution in [0.1, 0.15) is 10.4 Å². The molecule has 0 saturated heterocycles. The van der Waals surface area contributed by atoms with E-state index in [2.05, 4.69) is 4.72 Å². The smallest absolute Gasteiger partial charge is 0.335 e. The monoisotopic (exact) mass is 357 g/mol. The summed E-state index contributed by atoms with van der Waals surface area (Å²) in [5.74, 6) is -0.490. The van der Waals surface area contributed by atoms with E-state index in [4.69, 9.17) is 9.84 Å². The average molecular weight is 357 g/mol. The fraction of sp³-hybridized carbons (Fsp3) is 0.0556. The zero-order valence-electron chi connectivity index (χ0n) is 13.3. The van der Waals surface area contributed by atoms with Gasteiger partial charge < -0.3 is 9.84 Å². The number of nitrogens with one attached hydrogen (secondary N) is 1. The van der Waals surface area contributed by atoms with Gasteiger partial charge in [0.15, 0.2) is 0 Å². The lowest BCUT2D eigenvalue weighted by Gasteiger charge is -2.13. The first-order valence-electron chi connectivity index (χ1n) is 7.34. The van der Waals surface area contributed by atoms with Gasteiger partial charge in [0.25, 0.3) is 10.0 Å². The van der Waals surface area contributed by atoms with Crippen molar-refractivity contribution < 1.29 is 23.1 Å². The number of hydrogen-bond donors (Lipinski definition) is 2. The standard InChI is InChI=1S/C18H15NO5S/c1-24-16-10-11-17(15-5-3-2-4-14(15)16)25(22,23)19-13-8-6-12(7-9-13)18(20)21/h2-11,19H,1H3,(H,20,21). The van der Waals surface area contributed by atoms with Gasteiger partial charge in [0.1, 0.15) is 5.75 Å². The molecule has 0 spiro atoms. The van der Waals surface area contributed by atoms with Crippen LogP contribution >= 0.6 is 0 Å². The minimum atomic E-state index is -3.85. The highest BCUT2D eigenvalue weighted by atomic mass is 32.2. The summed E-state index contributed by atoms with van der Waals surface area (Å²) in [6.45, 7) is 0. The number of carboxylic acids is 1. The van der Waals surface area contributed by atoms with Crippen molar-refractivity contribution in [2.24, 2.45) is 0 Å². The maximum atomic E-state index is 12.8. The predicted molar refractivity (Wildman–Crippen MR) is 94.7 cm³/mol. The first-order chi connectivity index (χ1) is 11.9. The summed E-state index contributed by atoms with van der Waals surface area (Å²) < 4.78 is 33.3. The number of anilines is 1. The molecular formula is C18H15NO5S. The second-order valence-electron chi connectivity index (χ2n) is 5.30. The zero-order valence-corrected chi connectivity index (χ0v) is 14.1. The van der Waals surface area contributed by atoms with Crippen LogP contribution in [0.15, 0.2) is 65.6 Å². The SMILES string of the molecule is COc1ccc(S(=O)(=O)Nc2ccc(C(=O)O)cc2)c2ccccc12. The van der Waals surface area contributed by atoms with Gasteiger partial charge in [-0.25, -0.2) is 13.2 Å². The molecule has 128 valence electrons. The molecule has 0 atom stereocenters. The van der Waals surface area contributed by atoms with Gasteiger partial charge in [-0.15, -0.1) is 0 Å². The van der Waals surface area contributed by atoms with Crippen molar-refractivity contribution in [3.8, 4) is 5.75 Å². The van der Waals surface area contributed by atoms with Gasteiger partial charge in [-0.2, -0.15) is 0 Å². The molecule has 3 aromatic rings. The van der Waals surface area contributed by atoms with Crippen molar-refractivity contribution in [3.05, 3.63) is 66.2 Å². The van der Waals surface area contributed by atoms with Crippen LogP contribution < -0.4 is 9.46 Å². The minimum absolute atomic E-state index is 0.0813. The highest BCUT2D eigenvalue weighted by Gasteiger charge is 2.19. The van der Waals surface area contributed by atoms with Gasteiger partial charge in [0, 0.05) is 16.5 Å². The molecule has 3 aromatic carbocycles. The van der Waals surface area contributed by atoms with E-state index in [0.717, 1.165) is 0 Å². The second kappa shape index (κ2) is 6.45. The third-order valence-electron chi connectivity index (χ3n) is 3.74. The molecule has 0 unspecified atom stereocenters. The van der Waals surface area contributed by atoms with Crippen LogP contribution in [0.3, 0.4) is 0 Å². The molecule has 0 aliphatic carbocycles. The van der Waals surface area contributed by atoms with Crippen molar-refractivity contribution in [2.45, 2.75) is 4.90 Å². The van der Waals surface area contributed by atoms with E-state index >= 15 is 0 Å². The summed E-state index contributed by atoms with van der Waals surface area (Å²) in [7, 11) is -2.32. The molecule has 0 bridgehead atoms. The lowest BCUT2D eigenvalue weighted by molar-refractivity contribution is 0.0697. The van der Waals surface area contributed by atoms with Crippen molar-refractivity contribution in [1.29, 1.82) is 0 Å². The molecule has 0 aliphatic rings. The van der Waals surface area contributed by atoms with E-state index in [-0.39, 0.29) is 16.1 Å². The van der Waals surface area contributed by atoms with Crippen molar-refractivity contribution in [1.82, 2.24) is 0 Å². The zero-order chi connectivity index (χ0) is 18.0. The molecular weight excluding hydrogens is 342 g/mol. The summed E-state index contributed by atoms with van der Waals surface area (Å²) in [6.07, 6.45) is 0. The Morgan fingerprint density at radius 2 is 1.60 bits per heavy atom. The first-order valence-corrected chi connectivity index (χ1v) is 8.82. The fourth-order valence-corrected chi connectivity index (χ4v) is 3.82. The number of fused-ring (bicyclic) bond motifs is 1. The van der Waals surface area contributed by atoms with E-state index in [9.17, 15) is 13.2 Å². The molecule has 2 N–H and O–H groups in total. The molecule has 0 amide bonds. The Balaban J connectivity index is 2.03. The maximum Gasteiger partial charge on any atom is 0.335 e. The molecule has 6 nitrogen and oxygen atoms in total. The number of aromatic carboxylic acids is 1. The molecule has 0 heterocycles. The van der Waals surface area contributed by atoms with E-state index in [1.54, 1.807) is 30.3 Å². The molecule has 0 radical (unpaired) electrons. The van der Waals surface area contributed by atoms with Crippen molar-refractivity contribution in [3.63, 3.8) is 0 Å². The second-order valence-corrected chi connectivity index (χ2v) is 6.95. The fourth-order valence-electron chi connectivity index (χ4n) is 2.55. The number of hydrogen-bond acceptors (Lipinski definition) is 4. The molecule has 25 heavy (non-hydrogen) atoms. The van der Waals surface area contributed by atoms with Crippen LogP contribution in [0, 0.1) is 0 Å². The Morgan fingerprint density at radius 1 is 0.960 bits per heavy atom. The highest BCUT2D eigenvalue weighted by molar-refractivity contribution is 7.93. The van der Waals surface area contributed by atoms with Crippen LogP contribution in [0.5, 0.6) is 5.75 Å². The normalized spacial score (nSPS) is 11.2. The van der Waals surface area contributed by atoms with E-state index in [1.807, 2.05) is 0 Å². The lowest BCUT2D eigenvalue weighted by Crippen LogP contribution is -2.13. The minimum Gasteiger partial charge on any atom is -0.496 e. The number of carbonyl (C=O) groups is 1. The van der Waals surface area contributed by atoms with Crippen LogP contribution in [-0.4, -0.2) is 26.6 Å². The Morgan fingerprint density at radius 3 is 2.20 bits per heavy atom. The van der Waals surface area contributed by atoms with E-state index in [0.29, 0.717) is 16.5 Å². The van der Waals surface area contributed by atoms with Crippen LogP contribution in [-0.2, 0) is 10.0 Å². The molecule has 0 saturated carbocycles. The van der Waals surface area contributed by atoms with Gasteiger partial charge in [-0.3, -0.25) is 4.72 Å². The summed E-state index contributed by atoms with van der Waals surface area (Å²) >= 11 is 0. The van der Waals surface area contributed by atoms with Gasteiger partial charge in [0.05, 0.1) is 17.6 Å². The number of ether oxygens (including phenoxy) is 1. The number of methoxy groups -OCH3 is 1. The van der Waals surface area contributed by atoms with Crippen molar-refractivity contribution in [2.75, 3.05) is 11.8 Å². The molecule has 0 aliphatic heterocycles. The summed E-state index contributed by atoms with van der Waals surface area (Å²) in [6, 6.07) is 15.6. The summed E-state index contributed by atoms with van der Waals surface area (Å²) in [5, 5.41) is 10.1. The van der Waals surface area contributed by atoms with Gasteiger partial charge in [0.2, 0.25) is 0 Å². The Hall–Kier alpha value is -3.06. The van der Waals surface area contributed by atoms with Gasteiger partial charge in [-0.1, -0.05) is 24.3 Å². The Bertz CT molecular complexity index is 1040. The molecule has 7 heteroatoms. The summed E-state index contributed by atoms with van der Waals surface area (Å²) in [5.41, 5.74) is 0.364. The summed E-state index contributed by atoms with van der Waals surface area (Å²) in [4.78, 5) is 11.0. The number of rotatable bonds is 5. The Kier molecular flexibility index (Phi) is 4.33. The van der Waals surface area contributed by atoms with E-state index in [1.165, 1.54) is 37.4 Å². The average Bonchev–Trinajstić information content (AvgIpc) is 2.60. The van der Waals surface area contributed by atoms with Crippen LogP contribution in [0.25, 0.3) is 10.8 Å². The van der Waals surface area contributed by atoms with E-state index < -0.39 is 16.0 Å². The topological polar surface area (TPSA) is 92.7 Å². The quantitative estimate of drug-likeness (QED) is 0.730. The van der Waals surface area contributed by atoms with Crippen molar-refractivity contribution >= 4 is 32.5 Å². The molecule has 0 aromatic heterocycles.